The minimum atomic E-state index is -0.215. The summed E-state index contributed by atoms with van der Waals surface area (Å²) in [6.07, 6.45) is 1.18. The highest BCUT2D eigenvalue weighted by Gasteiger charge is 2.27. The van der Waals surface area contributed by atoms with Gasteiger partial charge in [-0.2, -0.15) is 0 Å². The van der Waals surface area contributed by atoms with Crippen LogP contribution in [0.25, 0.3) is 0 Å². The Bertz CT molecular complexity index is 410. The molecule has 1 N–H and O–H groups in total. The maximum atomic E-state index is 11.7. The third kappa shape index (κ3) is 4.47. The molecule has 0 saturated carbocycles. The van der Waals surface area contributed by atoms with Crippen molar-refractivity contribution in [2.75, 3.05) is 20.2 Å². The molecule has 4 nitrogen and oxygen atoms in total. The van der Waals surface area contributed by atoms with Crippen LogP contribution in [0.5, 0.6) is 0 Å². The molecule has 20 heavy (non-hydrogen) atoms. The van der Waals surface area contributed by atoms with Crippen molar-refractivity contribution in [3.8, 4) is 0 Å². The number of carbonyl (C=O) groups excluding carboxylic acids is 1. The Morgan fingerprint density at radius 1 is 1.45 bits per heavy atom. The lowest BCUT2D eigenvalue weighted by Gasteiger charge is -2.35. The van der Waals surface area contributed by atoms with E-state index in [-0.39, 0.29) is 24.4 Å². The molecule has 0 radical (unpaired) electrons. The minimum absolute atomic E-state index is 0. The monoisotopic (exact) mass is 298 g/mol. The first kappa shape index (κ1) is 17.0. The Labute approximate surface area is 126 Å². The van der Waals surface area contributed by atoms with Crippen molar-refractivity contribution < 1.29 is 9.53 Å². The predicted molar refractivity (Wildman–Crippen MR) is 82.0 cm³/mol. The maximum Gasteiger partial charge on any atom is 0.322 e. The average molecular weight is 299 g/mol. The summed E-state index contributed by atoms with van der Waals surface area (Å²) in [7, 11) is 1.45. The highest BCUT2D eigenvalue weighted by atomic mass is 35.5. The molecule has 1 fully saturated rings. The molecule has 0 aromatic heterocycles. The fourth-order valence-corrected chi connectivity index (χ4v) is 2.28. The molecular weight excluding hydrogens is 276 g/mol. The van der Waals surface area contributed by atoms with Gasteiger partial charge in [-0.1, -0.05) is 30.3 Å². The first-order valence-corrected chi connectivity index (χ1v) is 6.80. The predicted octanol–water partition coefficient (Wildman–Crippen LogP) is 1.83. The van der Waals surface area contributed by atoms with Crippen molar-refractivity contribution in [1.29, 1.82) is 0 Å². The van der Waals surface area contributed by atoms with Crippen LogP contribution in [0.15, 0.2) is 30.3 Å². The Hall–Kier alpha value is -1.10. The second-order valence-electron chi connectivity index (χ2n) is 5.05. The fraction of sp³-hybridized carbons (Fsp3) is 0.533. The number of rotatable bonds is 6. The standard InChI is InChI=1S/C15H22N2O2.ClH/c1-12(15(18)19-2)17(11-14-8-9-16-14)10-13-6-4-3-5-7-13;/h3-7,12,14,16H,8-11H2,1-2H3;1H. The molecule has 0 spiro atoms. The SMILES string of the molecule is COC(=O)C(C)N(Cc1ccccc1)CC1CCN1.Cl. The molecule has 5 heteroatoms. The van der Waals surface area contributed by atoms with E-state index in [0.717, 1.165) is 19.6 Å². The van der Waals surface area contributed by atoms with Crippen LogP contribution in [0.2, 0.25) is 0 Å². The van der Waals surface area contributed by atoms with Gasteiger partial charge in [-0.3, -0.25) is 9.69 Å². The van der Waals surface area contributed by atoms with Crippen LogP contribution in [0.1, 0.15) is 18.9 Å². The van der Waals surface area contributed by atoms with E-state index < -0.39 is 0 Å². The number of hydrogen-bond donors (Lipinski definition) is 1. The van der Waals surface area contributed by atoms with E-state index in [1.165, 1.54) is 19.1 Å². The normalized spacial score (nSPS) is 18.9. The number of nitrogens with one attached hydrogen (secondary N) is 1. The van der Waals surface area contributed by atoms with Crippen molar-refractivity contribution in [3.63, 3.8) is 0 Å². The molecule has 0 bridgehead atoms. The van der Waals surface area contributed by atoms with E-state index in [1.54, 1.807) is 0 Å². The van der Waals surface area contributed by atoms with E-state index >= 15 is 0 Å². The Morgan fingerprint density at radius 3 is 2.60 bits per heavy atom. The lowest BCUT2D eigenvalue weighted by atomic mass is 10.1. The van der Waals surface area contributed by atoms with Gasteiger partial charge in [-0.05, 0) is 25.5 Å². The highest BCUT2D eigenvalue weighted by molar-refractivity contribution is 5.85. The van der Waals surface area contributed by atoms with Crippen LogP contribution in [0.4, 0.5) is 0 Å². The van der Waals surface area contributed by atoms with Crippen molar-refractivity contribution in [1.82, 2.24) is 10.2 Å². The zero-order valence-corrected chi connectivity index (χ0v) is 12.9. The third-order valence-corrected chi connectivity index (χ3v) is 3.70. The van der Waals surface area contributed by atoms with Gasteiger partial charge < -0.3 is 10.1 Å². The maximum absolute atomic E-state index is 11.7. The van der Waals surface area contributed by atoms with Gasteiger partial charge in [0, 0.05) is 19.1 Å². The van der Waals surface area contributed by atoms with Crippen molar-refractivity contribution >= 4 is 18.4 Å². The van der Waals surface area contributed by atoms with Crippen LogP contribution in [0, 0.1) is 0 Å². The summed E-state index contributed by atoms with van der Waals surface area (Å²) < 4.78 is 4.86. The largest absolute Gasteiger partial charge is 0.468 e. The van der Waals surface area contributed by atoms with E-state index in [1.807, 2.05) is 25.1 Å². The van der Waals surface area contributed by atoms with Gasteiger partial charge in [0.15, 0.2) is 0 Å². The smallest absolute Gasteiger partial charge is 0.322 e. The molecule has 1 saturated heterocycles. The quantitative estimate of drug-likeness (QED) is 0.814. The molecule has 1 aromatic carbocycles. The molecule has 0 aliphatic carbocycles. The van der Waals surface area contributed by atoms with Crippen molar-refractivity contribution in [3.05, 3.63) is 35.9 Å². The number of carbonyl (C=O) groups is 1. The van der Waals surface area contributed by atoms with Crippen LogP contribution < -0.4 is 5.32 Å². The summed E-state index contributed by atoms with van der Waals surface area (Å²) in [6.45, 7) is 4.64. The molecule has 0 amide bonds. The summed E-state index contributed by atoms with van der Waals surface area (Å²) >= 11 is 0. The average Bonchev–Trinajstić information content (AvgIpc) is 2.40. The summed E-state index contributed by atoms with van der Waals surface area (Å²) in [4.78, 5) is 13.9. The van der Waals surface area contributed by atoms with Crippen molar-refractivity contribution in [2.24, 2.45) is 0 Å². The zero-order valence-electron chi connectivity index (χ0n) is 12.0. The topological polar surface area (TPSA) is 41.6 Å². The van der Waals surface area contributed by atoms with E-state index in [9.17, 15) is 4.79 Å². The molecule has 1 aliphatic rings. The lowest BCUT2D eigenvalue weighted by Crippen LogP contribution is -2.53. The van der Waals surface area contributed by atoms with E-state index in [2.05, 4.69) is 22.3 Å². The van der Waals surface area contributed by atoms with Crippen LogP contribution in [0.3, 0.4) is 0 Å². The molecule has 1 heterocycles. The van der Waals surface area contributed by atoms with Gasteiger partial charge in [0.05, 0.1) is 7.11 Å². The zero-order chi connectivity index (χ0) is 13.7. The summed E-state index contributed by atoms with van der Waals surface area (Å²) in [6, 6.07) is 10.5. The Morgan fingerprint density at radius 2 is 2.10 bits per heavy atom. The van der Waals surface area contributed by atoms with Crippen molar-refractivity contribution in [2.45, 2.75) is 32.0 Å². The number of methoxy groups -OCH3 is 1. The molecule has 2 rings (SSSR count). The number of esters is 1. The van der Waals surface area contributed by atoms with Crippen LogP contribution in [-0.2, 0) is 16.1 Å². The molecular formula is C15H23ClN2O2. The number of ether oxygens (including phenoxy) is 1. The molecule has 1 aliphatic heterocycles. The van der Waals surface area contributed by atoms with E-state index in [4.69, 9.17) is 4.74 Å². The fourth-order valence-electron chi connectivity index (χ4n) is 2.28. The van der Waals surface area contributed by atoms with Crippen LogP contribution >= 0.6 is 12.4 Å². The molecule has 1 aromatic rings. The minimum Gasteiger partial charge on any atom is -0.468 e. The lowest BCUT2D eigenvalue weighted by molar-refractivity contribution is -0.146. The Balaban J connectivity index is 0.00000200. The third-order valence-electron chi connectivity index (χ3n) is 3.70. The number of hydrogen-bond acceptors (Lipinski definition) is 4. The highest BCUT2D eigenvalue weighted by Crippen LogP contribution is 2.13. The van der Waals surface area contributed by atoms with Gasteiger partial charge in [0.1, 0.15) is 6.04 Å². The van der Waals surface area contributed by atoms with Gasteiger partial charge in [-0.15, -0.1) is 12.4 Å². The molecule has 2 atom stereocenters. The number of nitrogens with zero attached hydrogens (tertiary/aromatic N) is 1. The van der Waals surface area contributed by atoms with Crippen LogP contribution in [-0.4, -0.2) is 43.2 Å². The first-order valence-electron chi connectivity index (χ1n) is 6.80. The summed E-state index contributed by atoms with van der Waals surface area (Å²) in [5.74, 6) is -0.171. The summed E-state index contributed by atoms with van der Waals surface area (Å²) in [5, 5.41) is 3.38. The number of benzene rings is 1. The van der Waals surface area contributed by atoms with Gasteiger partial charge >= 0.3 is 5.97 Å². The second kappa shape index (κ2) is 8.25. The van der Waals surface area contributed by atoms with Gasteiger partial charge in [0.2, 0.25) is 0 Å². The number of halogens is 1. The Kier molecular flexibility index (Phi) is 6.99. The summed E-state index contributed by atoms with van der Waals surface area (Å²) in [5.41, 5.74) is 1.22. The van der Waals surface area contributed by atoms with Gasteiger partial charge in [0.25, 0.3) is 0 Å². The first-order chi connectivity index (χ1) is 9.20. The second-order valence-corrected chi connectivity index (χ2v) is 5.05. The van der Waals surface area contributed by atoms with E-state index in [0.29, 0.717) is 6.04 Å². The molecule has 2 unspecified atom stereocenters. The van der Waals surface area contributed by atoms with Gasteiger partial charge in [-0.25, -0.2) is 0 Å². The molecule has 112 valence electrons.